The molecule has 2 saturated heterocycles. The zero-order chi connectivity index (χ0) is 32.8. The van der Waals surface area contributed by atoms with Gasteiger partial charge in [-0.05, 0) is 93.0 Å². The number of nitrogens with one attached hydrogen (secondary N) is 2. The lowest BCUT2D eigenvalue weighted by molar-refractivity contribution is 0.190. The summed E-state index contributed by atoms with van der Waals surface area (Å²) >= 11 is 0. The summed E-state index contributed by atoms with van der Waals surface area (Å²) in [5, 5.41) is 10.7. The number of hydrogen-bond donors (Lipinski definition) is 2. The summed E-state index contributed by atoms with van der Waals surface area (Å²) in [6.45, 7) is 8.24. The van der Waals surface area contributed by atoms with Crippen LogP contribution < -0.4 is 10.6 Å². The smallest absolute Gasteiger partial charge is 0.308 e. The Hall–Kier alpha value is -4.09. The molecule has 2 N–H and O–H groups in total. The summed E-state index contributed by atoms with van der Waals surface area (Å²) in [6, 6.07) is 19.5. The molecule has 2 aliphatic rings. The molecule has 4 aromatic rings. The Kier molecular flexibility index (Phi) is 8.49. The molecule has 2 amide bonds. The molecule has 0 saturated carbocycles. The van der Waals surface area contributed by atoms with Crippen molar-refractivity contribution in [2.45, 2.75) is 82.2 Å². The summed E-state index contributed by atoms with van der Waals surface area (Å²) in [7, 11) is -3.94. The third-order valence-corrected chi connectivity index (χ3v) is 10.9. The van der Waals surface area contributed by atoms with Gasteiger partial charge in [0, 0.05) is 29.3 Å². The van der Waals surface area contributed by atoms with E-state index in [-0.39, 0.29) is 34.3 Å². The Morgan fingerprint density at radius 2 is 1.61 bits per heavy atom. The molecule has 1 aromatic heterocycles. The number of amides is 2. The van der Waals surface area contributed by atoms with E-state index >= 15 is 0 Å². The predicted molar refractivity (Wildman–Crippen MR) is 175 cm³/mol. The van der Waals surface area contributed by atoms with Crippen molar-refractivity contribution in [1.82, 2.24) is 14.1 Å². The van der Waals surface area contributed by atoms with Gasteiger partial charge in [0.05, 0.1) is 16.3 Å². The normalized spacial score (nSPS) is 20.1. The second kappa shape index (κ2) is 12.3. The fraction of sp³-hybridized carbons (Fsp3) is 0.371. The van der Waals surface area contributed by atoms with Gasteiger partial charge < -0.3 is 5.32 Å². The largest absolute Gasteiger partial charge is 0.324 e. The minimum atomic E-state index is -3.94. The maximum Gasteiger partial charge on any atom is 0.324 e. The number of urea groups is 1. The van der Waals surface area contributed by atoms with Crippen LogP contribution in [0.1, 0.15) is 63.3 Å². The van der Waals surface area contributed by atoms with Gasteiger partial charge in [-0.1, -0.05) is 50.6 Å². The second-order valence-corrected chi connectivity index (χ2v) is 15.4. The number of nitrogens with zero attached hydrogens (tertiary/aromatic N) is 3. The van der Waals surface area contributed by atoms with Crippen LogP contribution in [-0.2, 0) is 21.9 Å². The number of piperidine rings is 1. The number of rotatable bonds is 7. The van der Waals surface area contributed by atoms with Crippen LogP contribution >= 0.6 is 0 Å². The molecule has 2 atom stereocenters. The summed E-state index contributed by atoms with van der Waals surface area (Å²) in [6.07, 6.45) is 3.57. The maximum atomic E-state index is 13.9. The number of halogens is 2. The molecule has 3 aromatic carbocycles. The molecule has 3 heterocycles. The summed E-state index contributed by atoms with van der Waals surface area (Å²) < 4.78 is 57.4. The van der Waals surface area contributed by atoms with Gasteiger partial charge in [0.25, 0.3) is 0 Å². The molecule has 2 bridgehead atoms. The molecule has 0 spiro atoms. The van der Waals surface area contributed by atoms with E-state index in [1.807, 2.05) is 61.5 Å². The monoisotopic (exact) mass is 647 g/mol. The number of carbonyl (C=O) groups is 1. The van der Waals surface area contributed by atoms with Gasteiger partial charge in [-0.3, -0.25) is 5.32 Å². The fourth-order valence-corrected chi connectivity index (χ4v) is 8.58. The summed E-state index contributed by atoms with van der Waals surface area (Å²) in [4.78, 5) is 13.0. The molecule has 11 heteroatoms. The molecule has 2 unspecified atom stereocenters. The number of hydrogen-bond acceptors (Lipinski definition) is 4. The first-order valence-electron chi connectivity index (χ1n) is 15.6. The Balaban J connectivity index is 1.12. The van der Waals surface area contributed by atoms with Crippen LogP contribution in [-0.4, -0.2) is 40.6 Å². The first-order chi connectivity index (χ1) is 21.8. The van der Waals surface area contributed by atoms with E-state index in [1.165, 1.54) is 4.31 Å². The molecule has 46 heavy (non-hydrogen) atoms. The lowest BCUT2D eigenvalue weighted by atomic mass is 9.87. The van der Waals surface area contributed by atoms with Gasteiger partial charge >= 0.3 is 6.03 Å². The Morgan fingerprint density at radius 1 is 0.913 bits per heavy atom. The van der Waals surface area contributed by atoms with Crippen molar-refractivity contribution < 1.29 is 22.0 Å². The van der Waals surface area contributed by atoms with Crippen LogP contribution in [0.15, 0.2) is 77.7 Å². The SMILES string of the molecule is Cc1ccc(-n2nc(C(C)(C)C)cc2NC(=O)Nc2cccc(CC3CC4CCC(C3)N4S(=O)(=O)c3ccc(F)c(F)c3)c2)cc1. The van der Waals surface area contributed by atoms with Crippen molar-refractivity contribution in [1.29, 1.82) is 0 Å². The standard InChI is InChI=1S/C35H39F2N5O3S/c1-22-8-10-26(11-9-22)41-33(21-32(40-41)35(2,3)4)39-34(43)38-25-7-5-6-23(17-25)16-24-18-27-12-13-28(19-24)42(27)46(44,45)29-14-15-30(36)31(37)20-29/h5-11,14-15,17,20-21,24,27-28H,12-13,16,18-19H2,1-4H3,(H2,38,39,43). The number of sulfonamides is 1. The highest BCUT2D eigenvalue weighted by Crippen LogP contribution is 2.43. The number of fused-ring (bicyclic) bond motifs is 2. The molecular weight excluding hydrogens is 608 g/mol. The van der Waals surface area contributed by atoms with Gasteiger partial charge in [-0.25, -0.2) is 26.7 Å². The highest BCUT2D eigenvalue weighted by atomic mass is 32.2. The van der Waals surface area contributed by atoms with Crippen molar-refractivity contribution in [2.24, 2.45) is 5.92 Å². The fourth-order valence-electron chi connectivity index (χ4n) is 6.67. The van der Waals surface area contributed by atoms with Crippen molar-refractivity contribution in [3.05, 3.63) is 101 Å². The van der Waals surface area contributed by atoms with Gasteiger partial charge in [-0.15, -0.1) is 0 Å². The van der Waals surface area contributed by atoms with Crippen molar-refractivity contribution in [3.63, 3.8) is 0 Å². The average molecular weight is 648 g/mol. The van der Waals surface area contributed by atoms with Gasteiger partial charge in [0.1, 0.15) is 5.82 Å². The van der Waals surface area contributed by atoms with E-state index in [0.717, 1.165) is 60.0 Å². The highest BCUT2D eigenvalue weighted by molar-refractivity contribution is 7.89. The quantitative estimate of drug-likeness (QED) is 0.216. The number of aromatic nitrogens is 2. The lowest BCUT2D eigenvalue weighted by Crippen LogP contribution is -2.46. The highest BCUT2D eigenvalue weighted by Gasteiger charge is 2.47. The minimum absolute atomic E-state index is 0.190. The van der Waals surface area contributed by atoms with Gasteiger partial charge in [-0.2, -0.15) is 9.40 Å². The summed E-state index contributed by atoms with van der Waals surface area (Å²) in [5.41, 5.74) is 4.30. The zero-order valence-corrected chi connectivity index (χ0v) is 27.2. The molecular formula is C35H39F2N5O3S. The molecule has 242 valence electrons. The molecule has 6 rings (SSSR count). The van der Waals surface area contributed by atoms with E-state index in [2.05, 4.69) is 31.4 Å². The van der Waals surface area contributed by atoms with Crippen molar-refractivity contribution in [2.75, 3.05) is 10.6 Å². The van der Waals surface area contributed by atoms with E-state index in [9.17, 15) is 22.0 Å². The summed E-state index contributed by atoms with van der Waals surface area (Å²) in [5.74, 6) is -1.43. The van der Waals surface area contributed by atoms with E-state index < -0.39 is 21.7 Å². The van der Waals surface area contributed by atoms with E-state index in [1.54, 1.807) is 4.68 Å². The third-order valence-electron chi connectivity index (χ3n) is 8.94. The second-order valence-electron chi connectivity index (χ2n) is 13.5. The number of benzene rings is 3. The third kappa shape index (κ3) is 6.57. The zero-order valence-electron chi connectivity index (χ0n) is 26.4. The van der Waals surface area contributed by atoms with Crippen LogP contribution in [0.25, 0.3) is 5.69 Å². The van der Waals surface area contributed by atoms with E-state index in [0.29, 0.717) is 24.3 Å². The van der Waals surface area contributed by atoms with Crippen LogP contribution in [0.4, 0.5) is 25.1 Å². The molecule has 2 fully saturated rings. The Morgan fingerprint density at radius 3 is 2.26 bits per heavy atom. The minimum Gasteiger partial charge on any atom is -0.308 e. The van der Waals surface area contributed by atoms with Crippen LogP contribution in [0.2, 0.25) is 0 Å². The van der Waals surface area contributed by atoms with Crippen molar-refractivity contribution in [3.8, 4) is 5.69 Å². The van der Waals surface area contributed by atoms with Crippen LogP contribution in [0, 0.1) is 24.5 Å². The van der Waals surface area contributed by atoms with Crippen LogP contribution in [0.3, 0.4) is 0 Å². The Labute approximate surface area is 268 Å². The topological polar surface area (TPSA) is 96.3 Å². The molecule has 2 aliphatic heterocycles. The average Bonchev–Trinajstić information content (AvgIpc) is 3.54. The number of aryl methyl sites for hydroxylation is 1. The maximum absolute atomic E-state index is 13.9. The van der Waals surface area contributed by atoms with E-state index in [4.69, 9.17) is 5.10 Å². The number of carbonyl (C=O) groups excluding carboxylic acids is 1. The van der Waals surface area contributed by atoms with Crippen molar-refractivity contribution >= 4 is 27.6 Å². The molecule has 8 nitrogen and oxygen atoms in total. The lowest BCUT2D eigenvalue weighted by Gasteiger charge is -2.38. The molecule has 0 aliphatic carbocycles. The first kappa shape index (κ1) is 31.9. The molecule has 0 radical (unpaired) electrons. The first-order valence-corrected chi connectivity index (χ1v) is 17.0. The van der Waals surface area contributed by atoms with Crippen LogP contribution in [0.5, 0.6) is 0 Å². The Bertz CT molecular complexity index is 1850. The van der Waals surface area contributed by atoms with Gasteiger partial charge in [0.15, 0.2) is 11.6 Å². The predicted octanol–water partition coefficient (Wildman–Crippen LogP) is 7.57. The number of anilines is 2. The van der Waals surface area contributed by atoms with Gasteiger partial charge in [0.2, 0.25) is 10.0 Å².